The number of rotatable bonds is 4. The van der Waals surface area contributed by atoms with Crippen LogP contribution in [0.3, 0.4) is 0 Å². The van der Waals surface area contributed by atoms with Crippen molar-refractivity contribution >= 4 is 28.2 Å². The van der Waals surface area contributed by atoms with Gasteiger partial charge in [0.15, 0.2) is 5.13 Å². The lowest BCUT2D eigenvalue weighted by molar-refractivity contribution is 0.262. The molecule has 3 rings (SSSR count). The van der Waals surface area contributed by atoms with Gasteiger partial charge in [-0.05, 0) is 24.3 Å². The van der Waals surface area contributed by atoms with Crippen LogP contribution in [0.25, 0.3) is 11.3 Å². The molecule has 1 heterocycles. The van der Waals surface area contributed by atoms with Crippen molar-refractivity contribution in [3.05, 3.63) is 59.5 Å². The Hall–Kier alpha value is -3.37. The molecule has 2 aromatic carbocycles. The topological polar surface area (TPSA) is 87.0 Å². The highest BCUT2D eigenvalue weighted by Gasteiger charge is 2.10. The van der Waals surface area contributed by atoms with Crippen LogP contribution in [-0.4, -0.2) is 18.1 Å². The number of benzene rings is 2. The minimum atomic E-state index is -0.398. The molecule has 0 saturated heterocycles. The molecule has 0 aliphatic rings. The first-order valence-corrected chi connectivity index (χ1v) is 8.24. The Kier molecular flexibility index (Phi) is 4.92. The normalized spacial score (nSPS) is 9.92. The number of carbonyl (C=O) groups is 1. The molecule has 0 radical (unpaired) electrons. The number of ether oxygens (including phenoxy) is 1. The zero-order chi connectivity index (χ0) is 17.6. The predicted octanol–water partition coefficient (Wildman–Crippen LogP) is 4.33. The standard InChI is InChI=1S/C18H14N4O2S/c1-24-16-5-3-2-4-14(16)20-17(23)22-18-21-15(11-25-18)13-8-6-12(10-19)7-9-13/h2-9,11H,1H3,(H2,20,21,22,23). The number of nitriles is 1. The Morgan fingerprint density at radius 2 is 1.92 bits per heavy atom. The van der Waals surface area contributed by atoms with E-state index >= 15 is 0 Å². The Morgan fingerprint density at radius 1 is 1.16 bits per heavy atom. The Bertz CT molecular complexity index is 929. The third kappa shape index (κ3) is 3.94. The summed E-state index contributed by atoms with van der Waals surface area (Å²) in [7, 11) is 1.54. The highest BCUT2D eigenvalue weighted by molar-refractivity contribution is 7.14. The van der Waals surface area contributed by atoms with Gasteiger partial charge in [-0.25, -0.2) is 9.78 Å². The van der Waals surface area contributed by atoms with Gasteiger partial charge in [0.1, 0.15) is 5.75 Å². The van der Waals surface area contributed by atoms with Gasteiger partial charge in [-0.15, -0.1) is 11.3 Å². The molecule has 2 N–H and O–H groups in total. The smallest absolute Gasteiger partial charge is 0.325 e. The van der Waals surface area contributed by atoms with Crippen LogP contribution in [0.2, 0.25) is 0 Å². The van der Waals surface area contributed by atoms with E-state index in [0.717, 1.165) is 11.3 Å². The van der Waals surface area contributed by atoms with Gasteiger partial charge < -0.3 is 10.1 Å². The van der Waals surface area contributed by atoms with Crippen molar-refractivity contribution in [3.63, 3.8) is 0 Å². The minimum Gasteiger partial charge on any atom is -0.495 e. The summed E-state index contributed by atoms with van der Waals surface area (Å²) in [6.45, 7) is 0. The SMILES string of the molecule is COc1ccccc1NC(=O)Nc1nc(-c2ccc(C#N)cc2)cs1. The number of nitrogens with zero attached hydrogens (tertiary/aromatic N) is 2. The molecule has 0 fully saturated rings. The number of nitrogens with one attached hydrogen (secondary N) is 2. The molecule has 3 aromatic rings. The molecule has 0 aliphatic carbocycles. The molecule has 1 aromatic heterocycles. The fraction of sp³-hybridized carbons (Fsp3) is 0.0556. The number of amides is 2. The average Bonchev–Trinajstić information content (AvgIpc) is 3.10. The second-order valence-corrected chi connectivity index (χ2v) is 5.86. The van der Waals surface area contributed by atoms with Crippen LogP contribution >= 0.6 is 11.3 Å². The minimum absolute atomic E-state index is 0.398. The third-order valence-electron chi connectivity index (χ3n) is 3.39. The van der Waals surface area contributed by atoms with Crippen molar-refractivity contribution in [1.82, 2.24) is 4.98 Å². The first-order chi connectivity index (χ1) is 12.2. The largest absolute Gasteiger partial charge is 0.495 e. The number of urea groups is 1. The van der Waals surface area contributed by atoms with Crippen LogP contribution in [0, 0.1) is 11.3 Å². The van der Waals surface area contributed by atoms with Crippen molar-refractivity contribution < 1.29 is 9.53 Å². The summed E-state index contributed by atoms with van der Waals surface area (Å²) in [5.41, 5.74) is 2.79. The third-order valence-corrected chi connectivity index (χ3v) is 4.15. The molecule has 0 spiro atoms. The van der Waals surface area contributed by atoms with Gasteiger partial charge in [-0.1, -0.05) is 24.3 Å². The summed E-state index contributed by atoms with van der Waals surface area (Å²) in [6.07, 6.45) is 0. The first-order valence-electron chi connectivity index (χ1n) is 7.36. The van der Waals surface area contributed by atoms with Crippen molar-refractivity contribution in [2.75, 3.05) is 17.7 Å². The van der Waals surface area contributed by atoms with E-state index in [1.165, 1.54) is 11.3 Å². The van der Waals surface area contributed by atoms with Crippen LogP contribution in [-0.2, 0) is 0 Å². The molecule has 0 atom stereocenters. The molecule has 0 aliphatic heterocycles. The zero-order valence-corrected chi connectivity index (χ0v) is 14.1. The maximum Gasteiger partial charge on any atom is 0.325 e. The number of methoxy groups -OCH3 is 1. The number of carbonyl (C=O) groups excluding carboxylic acids is 1. The second kappa shape index (κ2) is 7.47. The quantitative estimate of drug-likeness (QED) is 0.733. The van der Waals surface area contributed by atoms with Gasteiger partial charge in [0.05, 0.1) is 30.1 Å². The molecular formula is C18H14N4O2S. The molecule has 0 bridgehead atoms. The van der Waals surface area contributed by atoms with E-state index in [1.54, 1.807) is 31.4 Å². The maximum absolute atomic E-state index is 12.1. The number of para-hydroxylation sites is 2. The monoisotopic (exact) mass is 350 g/mol. The number of anilines is 2. The molecule has 124 valence electrons. The number of aromatic nitrogens is 1. The van der Waals surface area contributed by atoms with Crippen LogP contribution in [0.5, 0.6) is 5.75 Å². The van der Waals surface area contributed by atoms with Gasteiger partial charge in [0.2, 0.25) is 0 Å². The molecule has 7 heteroatoms. The molecule has 6 nitrogen and oxygen atoms in total. The highest BCUT2D eigenvalue weighted by Crippen LogP contribution is 2.26. The second-order valence-electron chi connectivity index (χ2n) is 5.01. The lowest BCUT2D eigenvalue weighted by atomic mass is 10.1. The summed E-state index contributed by atoms with van der Waals surface area (Å²) in [5.74, 6) is 0.579. The molecule has 25 heavy (non-hydrogen) atoms. The summed E-state index contributed by atoms with van der Waals surface area (Å²) in [5, 5.41) is 16.6. The molecular weight excluding hydrogens is 336 g/mol. The van der Waals surface area contributed by atoms with E-state index in [0.29, 0.717) is 22.1 Å². The van der Waals surface area contributed by atoms with Crippen LogP contribution in [0.15, 0.2) is 53.9 Å². The number of hydrogen-bond donors (Lipinski definition) is 2. The summed E-state index contributed by atoms with van der Waals surface area (Å²) >= 11 is 1.32. The Labute approximate surface area is 148 Å². The molecule has 0 saturated carbocycles. The average molecular weight is 350 g/mol. The van der Waals surface area contributed by atoms with Crippen LogP contribution in [0.4, 0.5) is 15.6 Å². The number of thiazole rings is 1. The van der Waals surface area contributed by atoms with E-state index in [1.807, 2.05) is 29.6 Å². The van der Waals surface area contributed by atoms with Gasteiger partial charge in [-0.3, -0.25) is 5.32 Å². The fourth-order valence-electron chi connectivity index (χ4n) is 2.18. The Balaban J connectivity index is 1.68. The summed E-state index contributed by atoms with van der Waals surface area (Å²) in [6, 6.07) is 15.9. The van der Waals surface area contributed by atoms with Gasteiger partial charge in [0.25, 0.3) is 0 Å². The van der Waals surface area contributed by atoms with Crippen LogP contribution in [0.1, 0.15) is 5.56 Å². The summed E-state index contributed by atoms with van der Waals surface area (Å²) in [4.78, 5) is 16.5. The lowest BCUT2D eigenvalue weighted by Crippen LogP contribution is -2.19. The first kappa shape index (κ1) is 16.5. The van der Waals surface area contributed by atoms with Gasteiger partial charge >= 0.3 is 6.03 Å². The van der Waals surface area contributed by atoms with E-state index in [4.69, 9.17) is 10.00 Å². The van der Waals surface area contributed by atoms with Crippen molar-refractivity contribution in [2.24, 2.45) is 0 Å². The van der Waals surface area contributed by atoms with Crippen molar-refractivity contribution in [1.29, 1.82) is 5.26 Å². The predicted molar refractivity (Wildman–Crippen MR) is 97.9 cm³/mol. The molecule has 2 amide bonds. The van der Waals surface area contributed by atoms with Gasteiger partial charge in [-0.2, -0.15) is 5.26 Å². The van der Waals surface area contributed by atoms with Crippen molar-refractivity contribution in [2.45, 2.75) is 0 Å². The lowest BCUT2D eigenvalue weighted by Gasteiger charge is -2.09. The maximum atomic E-state index is 12.1. The van der Waals surface area contributed by atoms with E-state index in [9.17, 15) is 4.79 Å². The number of hydrogen-bond acceptors (Lipinski definition) is 5. The Morgan fingerprint density at radius 3 is 2.64 bits per heavy atom. The summed E-state index contributed by atoms with van der Waals surface area (Å²) < 4.78 is 5.20. The van der Waals surface area contributed by atoms with E-state index in [2.05, 4.69) is 21.7 Å². The van der Waals surface area contributed by atoms with Crippen molar-refractivity contribution in [3.8, 4) is 23.1 Å². The highest BCUT2D eigenvalue weighted by atomic mass is 32.1. The molecule has 0 unspecified atom stereocenters. The van der Waals surface area contributed by atoms with Crippen LogP contribution < -0.4 is 15.4 Å². The van der Waals surface area contributed by atoms with Gasteiger partial charge in [0, 0.05) is 10.9 Å². The fourth-order valence-corrected chi connectivity index (χ4v) is 2.89. The zero-order valence-electron chi connectivity index (χ0n) is 13.3. The van der Waals surface area contributed by atoms with E-state index < -0.39 is 6.03 Å². The van der Waals surface area contributed by atoms with E-state index in [-0.39, 0.29) is 0 Å².